The highest BCUT2D eigenvalue weighted by Crippen LogP contribution is 2.45. The molecule has 2 atom stereocenters. The first kappa shape index (κ1) is 22.0. The van der Waals surface area contributed by atoms with Gasteiger partial charge in [-0.15, -0.1) is 0 Å². The molecule has 3 aromatic rings. The quantitative estimate of drug-likeness (QED) is 0.567. The molecule has 1 aliphatic carbocycles. The van der Waals surface area contributed by atoms with Gasteiger partial charge in [-0.1, -0.05) is 24.3 Å². The molecule has 5 rings (SSSR count). The van der Waals surface area contributed by atoms with Crippen LogP contribution in [0.25, 0.3) is 5.65 Å². The van der Waals surface area contributed by atoms with E-state index in [2.05, 4.69) is 59.2 Å². The second kappa shape index (κ2) is 7.92. The Bertz CT molecular complexity index is 1180. The highest BCUT2D eigenvalue weighted by Gasteiger charge is 2.48. The molecule has 6 nitrogen and oxygen atoms in total. The average Bonchev–Trinajstić information content (AvgIpc) is 3.37. The van der Waals surface area contributed by atoms with Crippen molar-refractivity contribution in [2.75, 3.05) is 18.0 Å². The molecule has 1 N–H and O–H groups in total. The lowest BCUT2D eigenvalue weighted by Crippen LogP contribution is -2.60. The number of hydrogen-bond acceptors (Lipinski definition) is 4. The van der Waals surface area contributed by atoms with Crippen molar-refractivity contribution in [3.05, 3.63) is 58.0 Å². The van der Waals surface area contributed by atoms with Gasteiger partial charge >= 0.3 is 0 Å². The van der Waals surface area contributed by atoms with Gasteiger partial charge in [0.05, 0.1) is 25.9 Å². The first-order valence-electron chi connectivity index (χ1n) is 11.2. The van der Waals surface area contributed by atoms with Crippen molar-refractivity contribution in [1.29, 1.82) is 0 Å². The fourth-order valence-corrected chi connectivity index (χ4v) is 6.42. The maximum atomic E-state index is 13.2. The van der Waals surface area contributed by atoms with Gasteiger partial charge in [0.25, 0.3) is 0 Å². The molecule has 170 valence electrons. The Morgan fingerprint density at radius 3 is 2.56 bits per heavy atom. The van der Waals surface area contributed by atoms with E-state index in [-0.39, 0.29) is 16.2 Å². The summed E-state index contributed by atoms with van der Waals surface area (Å²) in [5.74, 6) is 0.900. The topological polar surface area (TPSA) is 62.5 Å². The highest BCUT2D eigenvalue weighted by molar-refractivity contribution is 9.10. The summed E-state index contributed by atoms with van der Waals surface area (Å²) in [6.45, 7) is 9.77. The van der Waals surface area contributed by atoms with Gasteiger partial charge < -0.3 is 4.90 Å². The summed E-state index contributed by atoms with van der Waals surface area (Å²) in [5, 5.41) is 0. The molecule has 0 radical (unpaired) electrons. The molecule has 0 bridgehead atoms. The summed E-state index contributed by atoms with van der Waals surface area (Å²) in [6, 6.07) is 8.86. The summed E-state index contributed by atoms with van der Waals surface area (Å²) >= 11 is 3.63. The third-order valence-electron chi connectivity index (χ3n) is 6.95. The molecule has 2 aliphatic rings. The van der Waals surface area contributed by atoms with Crippen LogP contribution in [0.4, 0.5) is 5.95 Å². The van der Waals surface area contributed by atoms with Gasteiger partial charge in [0.15, 0.2) is 5.65 Å². The molecule has 0 amide bonds. The van der Waals surface area contributed by atoms with E-state index in [4.69, 9.17) is 4.98 Å². The monoisotopic (exact) mass is 515 g/mol. The lowest BCUT2D eigenvalue weighted by molar-refractivity contribution is 0.181. The second-order valence-electron chi connectivity index (χ2n) is 10.2. The Morgan fingerprint density at radius 2 is 1.91 bits per heavy atom. The van der Waals surface area contributed by atoms with Gasteiger partial charge in [0.1, 0.15) is 0 Å². The van der Waals surface area contributed by atoms with Crippen molar-refractivity contribution in [1.82, 2.24) is 19.1 Å². The molecule has 0 saturated carbocycles. The Kier molecular flexibility index (Phi) is 5.46. The summed E-state index contributed by atoms with van der Waals surface area (Å²) in [4.78, 5) is 11.8. The van der Waals surface area contributed by atoms with E-state index < -0.39 is 11.0 Å². The predicted octanol–water partition coefficient (Wildman–Crippen LogP) is 4.22. The summed E-state index contributed by atoms with van der Waals surface area (Å²) in [5.41, 5.74) is 4.74. The predicted molar refractivity (Wildman–Crippen MR) is 133 cm³/mol. The van der Waals surface area contributed by atoms with Gasteiger partial charge in [-0.25, -0.2) is 18.9 Å². The van der Waals surface area contributed by atoms with Crippen LogP contribution in [0.2, 0.25) is 0 Å². The number of fused-ring (bicyclic) bond motifs is 2. The van der Waals surface area contributed by atoms with Crippen molar-refractivity contribution in [2.24, 2.45) is 5.41 Å². The first-order valence-corrected chi connectivity index (χ1v) is 13.1. The molecule has 1 fully saturated rings. The van der Waals surface area contributed by atoms with E-state index in [0.717, 1.165) is 54.1 Å². The van der Waals surface area contributed by atoms with E-state index in [0.29, 0.717) is 0 Å². The molecule has 1 aliphatic heterocycles. The number of hydrogen-bond donors (Lipinski definition) is 1. The molecule has 1 spiro atoms. The van der Waals surface area contributed by atoms with Crippen molar-refractivity contribution in [3.63, 3.8) is 0 Å². The molecule has 3 heterocycles. The lowest BCUT2D eigenvalue weighted by atomic mass is 9.72. The Balaban J connectivity index is 1.51. The number of halogens is 1. The standard InChI is InChI=1S/C24H30BrN5OS/c1-16-20(25)21-26-10-12-30(21)22(27-16)29-11-9-24(13-17-7-5-6-8-18(17)14-24)19(15-29)28-32(31)23(2,3)4/h5-8,10,12,19,28H,9,11,13-15H2,1-4H3. The fraction of sp³-hybridized carbons (Fsp3) is 0.500. The van der Waals surface area contributed by atoms with Gasteiger partial charge in [0, 0.05) is 31.5 Å². The zero-order valence-electron chi connectivity index (χ0n) is 19.1. The molecule has 8 heteroatoms. The van der Waals surface area contributed by atoms with E-state index in [1.807, 2.05) is 40.1 Å². The smallest absolute Gasteiger partial charge is 0.211 e. The zero-order chi connectivity index (χ0) is 22.7. The van der Waals surface area contributed by atoms with Gasteiger partial charge in [-0.3, -0.25) is 4.40 Å². The van der Waals surface area contributed by atoms with E-state index in [1.165, 1.54) is 11.1 Å². The zero-order valence-corrected chi connectivity index (χ0v) is 21.5. The minimum absolute atomic E-state index is 0.0690. The Morgan fingerprint density at radius 1 is 1.22 bits per heavy atom. The number of nitrogens with one attached hydrogen (secondary N) is 1. The normalized spacial score (nSPS) is 21.3. The number of benzene rings is 1. The Hall–Kier alpha value is -1.77. The van der Waals surface area contributed by atoms with Crippen LogP contribution in [-0.2, 0) is 23.8 Å². The van der Waals surface area contributed by atoms with E-state index in [9.17, 15) is 4.21 Å². The fourth-order valence-electron chi connectivity index (χ4n) is 5.10. The summed E-state index contributed by atoms with van der Waals surface area (Å²) in [7, 11) is -1.14. The van der Waals surface area contributed by atoms with Crippen LogP contribution in [0.5, 0.6) is 0 Å². The molecule has 1 saturated heterocycles. The van der Waals surface area contributed by atoms with Crippen LogP contribution in [0.1, 0.15) is 44.0 Å². The van der Waals surface area contributed by atoms with Crippen molar-refractivity contribution in [2.45, 2.75) is 57.7 Å². The van der Waals surface area contributed by atoms with Crippen LogP contribution in [-0.4, -0.2) is 42.5 Å². The highest BCUT2D eigenvalue weighted by atomic mass is 79.9. The molecule has 2 unspecified atom stereocenters. The van der Waals surface area contributed by atoms with Crippen LogP contribution in [0, 0.1) is 12.3 Å². The van der Waals surface area contributed by atoms with Crippen molar-refractivity contribution in [3.8, 4) is 0 Å². The van der Waals surface area contributed by atoms with Crippen LogP contribution in [0.3, 0.4) is 0 Å². The third kappa shape index (κ3) is 3.70. The summed E-state index contributed by atoms with van der Waals surface area (Å²) in [6.07, 6.45) is 6.86. The minimum Gasteiger partial charge on any atom is -0.340 e. The second-order valence-corrected chi connectivity index (χ2v) is 13.0. The van der Waals surface area contributed by atoms with Crippen LogP contribution >= 0.6 is 15.9 Å². The van der Waals surface area contributed by atoms with Gasteiger partial charge in [-0.05, 0) is 79.4 Å². The van der Waals surface area contributed by atoms with Crippen LogP contribution in [0.15, 0.2) is 41.1 Å². The molecule has 1 aromatic carbocycles. The number of rotatable bonds is 3. The average molecular weight is 517 g/mol. The van der Waals surface area contributed by atoms with Gasteiger partial charge in [-0.2, -0.15) is 0 Å². The molecule has 32 heavy (non-hydrogen) atoms. The number of aryl methyl sites for hydroxylation is 1. The largest absolute Gasteiger partial charge is 0.340 e. The van der Waals surface area contributed by atoms with E-state index >= 15 is 0 Å². The van der Waals surface area contributed by atoms with E-state index in [1.54, 1.807) is 0 Å². The molecule has 2 aromatic heterocycles. The summed E-state index contributed by atoms with van der Waals surface area (Å²) < 4.78 is 19.4. The SMILES string of the molecule is Cc1nc(N2CCC3(Cc4ccccc4C3)C(NS(=O)C(C)(C)C)C2)n2ccnc2c1Br. The number of aromatic nitrogens is 3. The Labute approximate surface area is 200 Å². The number of anilines is 1. The maximum Gasteiger partial charge on any atom is 0.211 e. The van der Waals surface area contributed by atoms with Gasteiger partial charge in [0.2, 0.25) is 5.95 Å². The number of nitrogens with zero attached hydrogens (tertiary/aromatic N) is 4. The molecular weight excluding hydrogens is 486 g/mol. The first-order chi connectivity index (χ1) is 15.2. The van der Waals surface area contributed by atoms with Crippen molar-refractivity contribution < 1.29 is 4.21 Å². The maximum absolute atomic E-state index is 13.2. The lowest BCUT2D eigenvalue weighted by Gasteiger charge is -2.47. The number of piperidine rings is 1. The molecular formula is C24H30BrN5OS. The minimum atomic E-state index is -1.14. The van der Waals surface area contributed by atoms with Crippen molar-refractivity contribution >= 4 is 38.5 Å². The number of imidazole rings is 1. The third-order valence-corrected chi connectivity index (χ3v) is 9.49. The van der Waals surface area contributed by atoms with Crippen LogP contribution < -0.4 is 9.62 Å².